The van der Waals surface area contributed by atoms with Gasteiger partial charge in [0.15, 0.2) is 17.4 Å². The van der Waals surface area contributed by atoms with Crippen LogP contribution in [0.15, 0.2) is 16.6 Å². The van der Waals surface area contributed by atoms with E-state index in [1.807, 2.05) is 6.92 Å². The maximum Gasteiger partial charge on any atom is 0.191 e. The van der Waals surface area contributed by atoms with Gasteiger partial charge >= 0.3 is 0 Å². The fourth-order valence-corrected chi connectivity index (χ4v) is 2.63. The number of rotatable bonds is 5. The number of aromatic nitrogens is 2. The Morgan fingerprint density at radius 2 is 2.00 bits per heavy atom. The zero-order valence-electron chi connectivity index (χ0n) is 11.5. The van der Waals surface area contributed by atoms with Crippen LogP contribution in [0.4, 0.5) is 8.78 Å². The van der Waals surface area contributed by atoms with Crippen molar-refractivity contribution in [1.82, 2.24) is 9.78 Å². The van der Waals surface area contributed by atoms with Gasteiger partial charge in [0.2, 0.25) is 0 Å². The van der Waals surface area contributed by atoms with E-state index >= 15 is 0 Å². The Balaban J connectivity index is 2.25. The Hall–Kier alpha value is -1.76. The molecule has 0 N–H and O–H groups in total. The Bertz CT molecular complexity index is 663. The van der Waals surface area contributed by atoms with Crippen molar-refractivity contribution in [2.24, 2.45) is 7.05 Å². The predicted molar refractivity (Wildman–Crippen MR) is 76.4 cm³/mol. The zero-order chi connectivity index (χ0) is 15.6. The molecule has 0 amide bonds. The minimum atomic E-state index is -0.911. The van der Waals surface area contributed by atoms with E-state index in [0.29, 0.717) is 12.0 Å². The standard InChI is InChI=1S/C14H13BrF2N2O2/c1-3-11-13(15)12(19(2)18-11)7-21-14-9(16)4-8(6-20)5-10(14)17/h4-6H,3,7H2,1-2H3. The van der Waals surface area contributed by atoms with Gasteiger partial charge in [-0.2, -0.15) is 5.10 Å². The molecule has 2 rings (SSSR count). The molecular formula is C14H13BrF2N2O2. The van der Waals surface area contributed by atoms with E-state index in [1.54, 1.807) is 11.7 Å². The monoisotopic (exact) mass is 358 g/mol. The Morgan fingerprint density at radius 3 is 2.48 bits per heavy atom. The summed E-state index contributed by atoms with van der Waals surface area (Å²) in [5, 5.41) is 4.27. The summed E-state index contributed by atoms with van der Waals surface area (Å²) in [6, 6.07) is 1.86. The number of ether oxygens (including phenoxy) is 1. The summed E-state index contributed by atoms with van der Waals surface area (Å²) in [5.41, 5.74) is 1.44. The van der Waals surface area contributed by atoms with Crippen molar-refractivity contribution in [2.45, 2.75) is 20.0 Å². The first kappa shape index (κ1) is 15.6. The van der Waals surface area contributed by atoms with Crippen molar-refractivity contribution in [2.75, 3.05) is 0 Å². The predicted octanol–water partition coefficient (Wildman–Crippen LogP) is 3.41. The van der Waals surface area contributed by atoms with Gasteiger partial charge in [-0.3, -0.25) is 9.48 Å². The van der Waals surface area contributed by atoms with Gasteiger partial charge in [-0.1, -0.05) is 6.92 Å². The molecule has 0 fully saturated rings. The van der Waals surface area contributed by atoms with Crippen LogP contribution in [0, 0.1) is 11.6 Å². The van der Waals surface area contributed by atoms with E-state index in [0.717, 1.165) is 28.7 Å². The second-order valence-electron chi connectivity index (χ2n) is 4.40. The van der Waals surface area contributed by atoms with Crippen LogP contribution in [0.25, 0.3) is 0 Å². The maximum atomic E-state index is 13.7. The van der Waals surface area contributed by atoms with Gasteiger partial charge in [0.1, 0.15) is 12.9 Å². The second kappa shape index (κ2) is 6.34. The summed E-state index contributed by atoms with van der Waals surface area (Å²) in [6.45, 7) is 1.91. The van der Waals surface area contributed by atoms with E-state index in [2.05, 4.69) is 21.0 Å². The highest BCUT2D eigenvalue weighted by Crippen LogP contribution is 2.26. The molecule has 1 heterocycles. The number of halogens is 3. The van der Waals surface area contributed by atoms with Crippen molar-refractivity contribution in [3.63, 3.8) is 0 Å². The molecule has 21 heavy (non-hydrogen) atoms. The number of carbonyl (C=O) groups is 1. The molecule has 0 unspecified atom stereocenters. The molecule has 0 aliphatic carbocycles. The smallest absolute Gasteiger partial charge is 0.191 e. The molecule has 0 aliphatic rings. The Morgan fingerprint density at radius 1 is 1.38 bits per heavy atom. The lowest BCUT2D eigenvalue weighted by molar-refractivity contribution is 0.112. The topological polar surface area (TPSA) is 44.1 Å². The molecule has 112 valence electrons. The molecule has 2 aromatic rings. The first-order valence-corrected chi connectivity index (χ1v) is 7.04. The van der Waals surface area contributed by atoms with Gasteiger partial charge in [0.25, 0.3) is 0 Å². The number of nitrogens with zero attached hydrogens (tertiary/aromatic N) is 2. The lowest BCUT2D eigenvalue weighted by Gasteiger charge is -2.09. The highest BCUT2D eigenvalue weighted by molar-refractivity contribution is 9.10. The van der Waals surface area contributed by atoms with Gasteiger partial charge in [-0.15, -0.1) is 0 Å². The molecule has 4 nitrogen and oxygen atoms in total. The Kier molecular flexibility index (Phi) is 4.72. The second-order valence-corrected chi connectivity index (χ2v) is 5.20. The lowest BCUT2D eigenvalue weighted by Crippen LogP contribution is -2.06. The molecule has 1 aromatic carbocycles. The summed E-state index contributed by atoms with van der Waals surface area (Å²) in [4.78, 5) is 10.5. The van der Waals surface area contributed by atoms with Crippen molar-refractivity contribution in [3.05, 3.63) is 45.2 Å². The van der Waals surface area contributed by atoms with Crippen LogP contribution in [-0.4, -0.2) is 16.1 Å². The van der Waals surface area contributed by atoms with Gasteiger partial charge in [0, 0.05) is 12.6 Å². The normalized spacial score (nSPS) is 10.7. The molecule has 0 radical (unpaired) electrons. The summed E-state index contributed by atoms with van der Waals surface area (Å²) in [5.74, 6) is -2.33. The van der Waals surface area contributed by atoms with E-state index in [-0.39, 0.29) is 12.2 Å². The molecule has 0 atom stereocenters. The molecule has 0 bridgehead atoms. The minimum Gasteiger partial charge on any atom is -0.481 e. The summed E-state index contributed by atoms with van der Waals surface area (Å²) in [7, 11) is 1.73. The van der Waals surface area contributed by atoms with E-state index < -0.39 is 17.4 Å². The SMILES string of the molecule is CCc1nn(C)c(COc2c(F)cc(C=O)cc2F)c1Br. The van der Waals surface area contributed by atoms with E-state index in [1.165, 1.54) is 0 Å². The van der Waals surface area contributed by atoms with E-state index in [4.69, 9.17) is 4.74 Å². The Labute approximate surface area is 128 Å². The van der Waals surface area contributed by atoms with Crippen LogP contribution in [0.5, 0.6) is 5.75 Å². The van der Waals surface area contributed by atoms with Crippen molar-refractivity contribution >= 4 is 22.2 Å². The van der Waals surface area contributed by atoms with Gasteiger partial charge in [0.05, 0.1) is 15.9 Å². The van der Waals surface area contributed by atoms with Crippen LogP contribution < -0.4 is 4.74 Å². The number of benzene rings is 1. The highest BCUT2D eigenvalue weighted by atomic mass is 79.9. The van der Waals surface area contributed by atoms with Crippen LogP contribution in [0.3, 0.4) is 0 Å². The first-order valence-electron chi connectivity index (χ1n) is 6.25. The first-order chi connectivity index (χ1) is 9.97. The van der Waals surface area contributed by atoms with Crippen molar-refractivity contribution in [3.8, 4) is 5.75 Å². The average molecular weight is 359 g/mol. The maximum absolute atomic E-state index is 13.7. The molecule has 0 aliphatic heterocycles. The fourth-order valence-electron chi connectivity index (χ4n) is 1.90. The number of hydrogen-bond acceptors (Lipinski definition) is 3. The van der Waals surface area contributed by atoms with Gasteiger partial charge < -0.3 is 4.74 Å². The number of aldehydes is 1. The van der Waals surface area contributed by atoms with Gasteiger partial charge in [-0.05, 0) is 34.5 Å². The summed E-state index contributed by atoms with van der Waals surface area (Å²) < 4.78 is 35.0. The summed E-state index contributed by atoms with van der Waals surface area (Å²) >= 11 is 3.40. The molecule has 0 saturated carbocycles. The molecule has 0 saturated heterocycles. The van der Waals surface area contributed by atoms with Crippen molar-refractivity contribution < 1.29 is 18.3 Å². The largest absolute Gasteiger partial charge is 0.481 e. The quantitative estimate of drug-likeness (QED) is 0.769. The van der Waals surface area contributed by atoms with E-state index in [9.17, 15) is 13.6 Å². The zero-order valence-corrected chi connectivity index (χ0v) is 13.1. The van der Waals surface area contributed by atoms with Crippen LogP contribution in [0.1, 0.15) is 28.7 Å². The third-order valence-corrected chi connectivity index (χ3v) is 3.93. The number of hydrogen-bond donors (Lipinski definition) is 0. The highest BCUT2D eigenvalue weighted by Gasteiger charge is 2.17. The summed E-state index contributed by atoms with van der Waals surface area (Å²) in [6.07, 6.45) is 1.10. The van der Waals surface area contributed by atoms with Crippen molar-refractivity contribution in [1.29, 1.82) is 0 Å². The molecule has 0 spiro atoms. The number of carbonyl (C=O) groups excluding carboxylic acids is 1. The fraction of sp³-hybridized carbons (Fsp3) is 0.286. The molecule has 1 aromatic heterocycles. The lowest BCUT2D eigenvalue weighted by atomic mass is 10.2. The third-order valence-electron chi connectivity index (χ3n) is 3.01. The average Bonchev–Trinajstić information content (AvgIpc) is 2.72. The number of aryl methyl sites for hydroxylation is 2. The van der Waals surface area contributed by atoms with Gasteiger partial charge in [-0.25, -0.2) is 8.78 Å². The van der Waals surface area contributed by atoms with Crippen LogP contribution >= 0.6 is 15.9 Å². The van der Waals surface area contributed by atoms with Crippen LogP contribution in [0.2, 0.25) is 0 Å². The minimum absolute atomic E-state index is 0.0433. The third kappa shape index (κ3) is 3.12. The molecular weight excluding hydrogens is 346 g/mol. The molecule has 7 heteroatoms. The van der Waals surface area contributed by atoms with Crippen LogP contribution in [-0.2, 0) is 20.1 Å².